The van der Waals surface area contributed by atoms with Crippen molar-refractivity contribution in [3.8, 4) is 11.5 Å². The fraction of sp³-hybridized carbons (Fsp3) is 0.133. The minimum atomic E-state index is -0.481. The molecule has 0 aliphatic rings. The van der Waals surface area contributed by atoms with Crippen LogP contribution >= 0.6 is 23.8 Å². The molecule has 0 bridgehead atoms. The maximum absolute atomic E-state index is 13.0. The van der Waals surface area contributed by atoms with Crippen molar-refractivity contribution in [1.29, 1.82) is 0 Å². The molecule has 0 amide bonds. The molecule has 0 saturated heterocycles. The number of benzene rings is 2. The van der Waals surface area contributed by atoms with E-state index in [2.05, 4.69) is 0 Å². The van der Waals surface area contributed by atoms with Crippen LogP contribution in [-0.4, -0.2) is 18.2 Å². The van der Waals surface area contributed by atoms with E-state index in [-0.39, 0.29) is 16.6 Å². The van der Waals surface area contributed by atoms with Crippen LogP contribution in [0.2, 0.25) is 5.02 Å². The lowest BCUT2D eigenvalue weighted by molar-refractivity contribution is 0.217. The summed E-state index contributed by atoms with van der Waals surface area (Å²) in [5.74, 6) is 0.601. The van der Waals surface area contributed by atoms with Crippen molar-refractivity contribution in [2.24, 2.45) is 5.73 Å². The zero-order chi connectivity index (χ0) is 15.2. The summed E-state index contributed by atoms with van der Waals surface area (Å²) in [5, 5.41) is 0.0206. The standard InChI is InChI=1S/C15H13ClFNO2S/c16-12-9-10(5-6-13(12)17)19-7-8-20-14-4-2-1-3-11(14)15(18)21/h1-6,9H,7-8H2,(H2,18,21). The van der Waals surface area contributed by atoms with Gasteiger partial charge in [0.25, 0.3) is 0 Å². The van der Waals surface area contributed by atoms with Crippen molar-refractivity contribution < 1.29 is 13.9 Å². The molecule has 0 fully saturated rings. The monoisotopic (exact) mass is 325 g/mol. The molecule has 6 heteroatoms. The number of hydrogen-bond donors (Lipinski definition) is 1. The van der Waals surface area contributed by atoms with E-state index in [9.17, 15) is 4.39 Å². The fourth-order valence-corrected chi connectivity index (χ4v) is 2.01. The van der Waals surface area contributed by atoms with Gasteiger partial charge < -0.3 is 15.2 Å². The minimum absolute atomic E-state index is 0.0206. The lowest BCUT2D eigenvalue weighted by atomic mass is 10.2. The van der Waals surface area contributed by atoms with E-state index in [0.29, 0.717) is 23.7 Å². The predicted molar refractivity (Wildman–Crippen MR) is 84.7 cm³/mol. The Hall–Kier alpha value is -1.85. The van der Waals surface area contributed by atoms with E-state index in [0.717, 1.165) is 0 Å². The van der Waals surface area contributed by atoms with Gasteiger partial charge in [-0.25, -0.2) is 4.39 Å². The molecule has 0 atom stereocenters. The number of ether oxygens (including phenoxy) is 2. The first-order valence-electron chi connectivity index (χ1n) is 6.17. The zero-order valence-electron chi connectivity index (χ0n) is 11.0. The third kappa shape index (κ3) is 4.31. The number of rotatable bonds is 6. The number of thiocarbonyl (C=S) groups is 1. The average molecular weight is 326 g/mol. The number of hydrogen-bond acceptors (Lipinski definition) is 3. The van der Waals surface area contributed by atoms with Crippen molar-refractivity contribution in [2.75, 3.05) is 13.2 Å². The first-order valence-corrected chi connectivity index (χ1v) is 6.96. The smallest absolute Gasteiger partial charge is 0.142 e. The molecule has 3 nitrogen and oxygen atoms in total. The minimum Gasteiger partial charge on any atom is -0.490 e. The summed E-state index contributed by atoms with van der Waals surface area (Å²) >= 11 is 10.6. The maximum atomic E-state index is 13.0. The van der Waals surface area contributed by atoms with Crippen molar-refractivity contribution in [1.82, 2.24) is 0 Å². The van der Waals surface area contributed by atoms with Crippen molar-refractivity contribution >= 4 is 28.8 Å². The summed E-state index contributed by atoms with van der Waals surface area (Å²) in [4.78, 5) is 0.275. The normalized spacial score (nSPS) is 10.2. The van der Waals surface area contributed by atoms with E-state index < -0.39 is 5.82 Å². The van der Waals surface area contributed by atoms with Crippen LogP contribution in [-0.2, 0) is 0 Å². The van der Waals surface area contributed by atoms with Gasteiger partial charge in [0.05, 0.1) is 10.6 Å². The number of para-hydroxylation sites is 1. The van der Waals surface area contributed by atoms with Gasteiger partial charge in [-0.2, -0.15) is 0 Å². The van der Waals surface area contributed by atoms with Gasteiger partial charge in [0, 0.05) is 6.07 Å². The van der Waals surface area contributed by atoms with Gasteiger partial charge in [-0.3, -0.25) is 0 Å². The molecule has 0 heterocycles. The largest absolute Gasteiger partial charge is 0.490 e. The molecule has 21 heavy (non-hydrogen) atoms. The van der Waals surface area contributed by atoms with Crippen LogP contribution in [0, 0.1) is 5.82 Å². The van der Waals surface area contributed by atoms with E-state index in [1.54, 1.807) is 12.1 Å². The summed E-state index contributed by atoms with van der Waals surface area (Å²) in [6.45, 7) is 0.586. The average Bonchev–Trinajstić information content (AvgIpc) is 2.47. The fourth-order valence-electron chi connectivity index (χ4n) is 1.67. The maximum Gasteiger partial charge on any atom is 0.142 e. The van der Waals surface area contributed by atoms with Crippen LogP contribution in [0.5, 0.6) is 11.5 Å². The van der Waals surface area contributed by atoms with E-state index >= 15 is 0 Å². The second kappa shape index (κ2) is 7.24. The van der Waals surface area contributed by atoms with Crippen LogP contribution in [0.25, 0.3) is 0 Å². The molecule has 0 spiro atoms. The quantitative estimate of drug-likeness (QED) is 0.651. The lowest BCUT2D eigenvalue weighted by Gasteiger charge is -2.11. The second-order valence-electron chi connectivity index (χ2n) is 4.13. The molecule has 2 aromatic rings. The van der Waals surface area contributed by atoms with Gasteiger partial charge >= 0.3 is 0 Å². The molecule has 0 aliphatic carbocycles. The van der Waals surface area contributed by atoms with Crippen molar-refractivity contribution in [3.05, 3.63) is 58.9 Å². The Balaban J connectivity index is 1.87. The lowest BCUT2D eigenvalue weighted by Crippen LogP contribution is -2.14. The topological polar surface area (TPSA) is 44.5 Å². The Kier molecular flexibility index (Phi) is 5.36. The highest BCUT2D eigenvalue weighted by atomic mass is 35.5. The van der Waals surface area contributed by atoms with E-state index in [1.165, 1.54) is 18.2 Å². The Bertz CT molecular complexity index is 651. The molecule has 110 valence electrons. The highest BCUT2D eigenvalue weighted by Gasteiger charge is 2.05. The molecule has 2 N–H and O–H groups in total. The molecular weight excluding hydrogens is 313 g/mol. The number of halogens is 2. The molecule has 0 saturated carbocycles. The van der Waals surface area contributed by atoms with Gasteiger partial charge in [0.1, 0.15) is 35.5 Å². The highest BCUT2D eigenvalue weighted by Crippen LogP contribution is 2.21. The van der Waals surface area contributed by atoms with E-state index in [4.69, 9.17) is 39.0 Å². The Morgan fingerprint density at radius 1 is 1.14 bits per heavy atom. The molecule has 2 rings (SSSR count). The van der Waals surface area contributed by atoms with Gasteiger partial charge in [-0.15, -0.1) is 0 Å². The van der Waals surface area contributed by atoms with Crippen molar-refractivity contribution in [3.63, 3.8) is 0 Å². The summed E-state index contributed by atoms with van der Waals surface area (Å²) < 4.78 is 24.0. The molecule has 2 aromatic carbocycles. The predicted octanol–water partition coefficient (Wildman–Crippen LogP) is 3.57. The van der Waals surface area contributed by atoms with Gasteiger partial charge in [0.2, 0.25) is 0 Å². The number of nitrogens with two attached hydrogens (primary N) is 1. The van der Waals surface area contributed by atoms with Crippen LogP contribution in [0.3, 0.4) is 0 Å². The van der Waals surface area contributed by atoms with Gasteiger partial charge in [0.15, 0.2) is 0 Å². The van der Waals surface area contributed by atoms with Crippen molar-refractivity contribution in [2.45, 2.75) is 0 Å². The first-order chi connectivity index (χ1) is 10.1. The summed E-state index contributed by atoms with van der Waals surface area (Å²) in [6.07, 6.45) is 0. The van der Waals surface area contributed by atoms with E-state index in [1.807, 2.05) is 12.1 Å². The second-order valence-corrected chi connectivity index (χ2v) is 4.98. The summed E-state index contributed by atoms with van der Waals surface area (Å²) in [5.41, 5.74) is 6.29. The molecule has 0 unspecified atom stereocenters. The summed E-state index contributed by atoms with van der Waals surface area (Å²) in [7, 11) is 0. The third-order valence-corrected chi connectivity index (χ3v) is 3.16. The molecule has 0 aromatic heterocycles. The van der Waals surface area contributed by atoms with Crippen LogP contribution < -0.4 is 15.2 Å². The molecule has 0 radical (unpaired) electrons. The van der Waals surface area contributed by atoms with Gasteiger partial charge in [-0.1, -0.05) is 36.0 Å². The first kappa shape index (κ1) is 15.5. The van der Waals surface area contributed by atoms with Crippen LogP contribution in [0.15, 0.2) is 42.5 Å². The molecular formula is C15H13ClFNO2S. The van der Waals surface area contributed by atoms with Gasteiger partial charge in [-0.05, 0) is 24.3 Å². The highest BCUT2D eigenvalue weighted by molar-refractivity contribution is 7.80. The Labute approximate surface area is 132 Å². The third-order valence-electron chi connectivity index (χ3n) is 2.65. The Morgan fingerprint density at radius 2 is 1.86 bits per heavy atom. The van der Waals surface area contributed by atoms with Crippen LogP contribution in [0.1, 0.15) is 5.56 Å². The summed E-state index contributed by atoms with van der Waals surface area (Å²) in [6, 6.07) is 11.4. The Morgan fingerprint density at radius 3 is 2.57 bits per heavy atom. The van der Waals surface area contributed by atoms with Crippen LogP contribution in [0.4, 0.5) is 4.39 Å². The molecule has 0 aliphatic heterocycles. The SMILES string of the molecule is NC(=S)c1ccccc1OCCOc1ccc(F)c(Cl)c1. The zero-order valence-corrected chi connectivity index (χ0v) is 12.6.